The van der Waals surface area contributed by atoms with Crippen molar-refractivity contribution in [2.45, 2.75) is 24.0 Å². The third-order valence-corrected chi connectivity index (χ3v) is 4.77. The first-order valence-corrected chi connectivity index (χ1v) is 7.90. The van der Waals surface area contributed by atoms with Crippen molar-refractivity contribution >= 4 is 0 Å². The van der Waals surface area contributed by atoms with E-state index in [1.807, 2.05) is 0 Å². The molecule has 22 heavy (non-hydrogen) atoms. The van der Waals surface area contributed by atoms with Gasteiger partial charge in [-0.3, -0.25) is 0 Å². The third-order valence-electron chi connectivity index (χ3n) is 3.84. The average molecular weight is 395 g/mol. The molecule has 0 bridgehead atoms. The quantitative estimate of drug-likeness (QED) is 0.436. The molecule has 0 N–H and O–H groups in total. The summed E-state index contributed by atoms with van der Waals surface area (Å²) < 4.78 is 0.0832. The molecular weight excluding hydrogens is 372 g/mol. The minimum absolute atomic E-state index is 0. The molecule has 1 atom stereocenters. The molecule has 0 radical (unpaired) electrons. The molecule has 0 aliphatic heterocycles. The topological polar surface area (TPSA) is 3.24 Å². The van der Waals surface area contributed by atoms with Gasteiger partial charge in [0.1, 0.15) is 0 Å². The van der Waals surface area contributed by atoms with Crippen LogP contribution in [0.3, 0.4) is 0 Å². The molecule has 0 amide bonds. The number of halogens is 3. The van der Waals surface area contributed by atoms with E-state index in [1.165, 1.54) is 11.1 Å². The molecule has 2 rings (SSSR count). The van der Waals surface area contributed by atoms with Crippen LogP contribution in [0.15, 0.2) is 54.1 Å². The van der Waals surface area contributed by atoms with Crippen LogP contribution >= 0.6 is 0 Å². The van der Waals surface area contributed by atoms with Crippen molar-refractivity contribution in [3.63, 3.8) is 0 Å². The van der Waals surface area contributed by atoms with Crippen molar-refractivity contribution in [1.82, 2.24) is 4.90 Å². The zero-order chi connectivity index (χ0) is 13.7. The van der Waals surface area contributed by atoms with Gasteiger partial charge in [-0.25, -0.2) is 0 Å². The molecule has 1 unspecified atom stereocenters. The average Bonchev–Trinajstić information content (AvgIpc) is 2.84. The summed E-state index contributed by atoms with van der Waals surface area (Å²) in [6, 6.07) is 10.8. The first kappa shape index (κ1) is 24.5. The molecule has 1 aliphatic rings. The predicted octanol–water partition coefficient (Wildman–Crippen LogP) is -5.33. The summed E-state index contributed by atoms with van der Waals surface area (Å²) in [4.78, 5) is 2.48. The van der Waals surface area contributed by atoms with Gasteiger partial charge < -0.3 is 37.2 Å². The monoisotopic (exact) mass is 393 g/mol. The maximum absolute atomic E-state index is 2.48. The third kappa shape index (κ3) is 6.39. The number of hydrogen-bond donors (Lipinski definition) is 0. The first-order chi connectivity index (χ1) is 9.18. The molecule has 120 valence electrons. The van der Waals surface area contributed by atoms with Gasteiger partial charge in [0.15, 0.2) is 0 Å². The largest absolute Gasteiger partial charge is 1.00 e. The number of nitrogens with zero attached hydrogens (tertiary/aromatic N) is 1. The normalized spacial score (nSPS) is 19.0. The van der Waals surface area contributed by atoms with Crippen LogP contribution < -0.4 is 37.2 Å². The molecule has 0 heterocycles. The van der Waals surface area contributed by atoms with E-state index in [0.717, 1.165) is 26.1 Å². The van der Waals surface area contributed by atoms with Crippen molar-refractivity contribution in [3.8, 4) is 0 Å². The van der Waals surface area contributed by atoms with Gasteiger partial charge in [0.05, 0.1) is 0 Å². The van der Waals surface area contributed by atoms with Crippen molar-refractivity contribution < 1.29 is 57.7 Å². The van der Waals surface area contributed by atoms with Crippen LogP contribution in [-0.2, 0) is 24.2 Å². The Labute approximate surface area is 165 Å². The fourth-order valence-electron chi connectivity index (χ4n) is 2.50. The number of benzene rings is 1. The Morgan fingerprint density at radius 1 is 1.00 bits per heavy atom. The van der Waals surface area contributed by atoms with E-state index in [4.69, 9.17) is 0 Å². The summed E-state index contributed by atoms with van der Waals surface area (Å²) in [5, 5.41) is 0. The van der Waals surface area contributed by atoms with Crippen molar-refractivity contribution in [2.24, 2.45) is 0 Å². The Bertz CT molecular complexity index is 472. The molecule has 0 saturated carbocycles. The van der Waals surface area contributed by atoms with E-state index in [0.29, 0.717) is 0 Å². The van der Waals surface area contributed by atoms with Crippen LogP contribution in [0.25, 0.3) is 0 Å². The van der Waals surface area contributed by atoms with E-state index in [-0.39, 0.29) is 40.9 Å². The van der Waals surface area contributed by atoms with E-state index >= 15 is 0 Å². The van der Waals surface area contributed by atoms with Crippen LogP contribution in [-0.4, -0.2) is 24.5 Å². The van der Waals surface area contributed by atoms with Gasteiger partial charge in [-0.2, -0.15) is 0 Å². The standard InChI is InChI=1S/C17H22N.3ClH.Ti/c1-3-18(4-2)13-12-15-10-11-17(14-15)16-8-6-5-7-9-16;;;;/h5-11,14H,3-4,12-13H2,1-2H3;3*1H;/q;;;;+3/p-3. The van der Waals surface area contributed by atoms with Crippen LogP contribution in [0.5, 0.6) is 0 Å². The minimum atomic E-state index is 0. The zero-order valence-electron chi connectivity index (χ0n) is 13.0. The molecule has 0 aromatic heterocycles. The number of allylic oxidation sites excluding steroid dienone is 3. The summed E-state index contributed by atoms with van der Waals surface area (Å²) >= 11 is 2.29. The smallest absolute Gasteiger partial charge is 1.00 e. The fourth-order valence-corrected chi connectivity index (χ4v) is 3.18. The van der Waals surface area contributed by atoms with Gasteiger partial charge in [-0.1, -0.05) is 0 Å². The number of rotatable bonds is 6. The summed E-state index contributed by atoms with van der Waals surface area (Å²) in [6.45, 7) is 7.91. The number of hydrogen-bond acceptors (Lipinski definition) is 1. The van der Waals surface area contributed by atoms with E-state index in [9.17, 15) is 0 Å². The van der Waals surface area contributed by atoms with Crippen molar-refractivity contribution in [1.29, 1.82) is 0 Å². The predicted molar refractivity (Wildman–Crippen MR) is 77.7 cm³/mol. The van der Waals surface area contributed by atoms with E-state index in [1.54, 1.807) is 0 Å². The Kier molecular flexibility index (Phi) is 13.1. The van der Waals surface area contributed by atoms with Crippen LogP contribution in [0.4, 0.5) is 0 Å². The van der Waals surface area contributed by atoms with Crippen LogP contribution in [0.1, 0.15) is 25.8 Å². The van der Waals surface area contributed by atoms with Gasteiger partial charge in [0.25, 0.3) is 0 Å². The Hall–Kier alpha value is 0.244. The van der Waals surface area contributed by atoms with Gasteiger partial charge in [-0.05, 0) is 0 Å². The molecule has 0 fully saturated rings. The van der Waals surface area contributed by atoms with E-state index < -0.39 is 0 Å². The SMILES string of the molecule is CCN(CC)CCC1=C[C]([Ti+3])(c2ccccc2)C=C1.[Cl-].[Cl-].[Cl-]. The van der Waals surface area contributed by atoms with Gasteiger partial charge >= 0.3 is 129 Å². The summed E-state index contributed by atoms with van der Waals surface area (Å²) in [5.74, 6) is 0. The Balaban J connectivity index is 0. The molecule has 1 aromatic carbocycles. The molecule has 5 heteroatoms. The Morgan fingerprint density at radius 3 is 2.14 bits per heavy atom. The van der Waals surface area contributed by atoms with Crippen molar-refractivity contribution in [2.75, 3.05) is 19.6 Å². The molecular formula is C17H22Cl3NTi. The van der Waals surface area contributed by atoms with Gasteiger partial charge in [0.2, 0.25) is 0 Å². The summed E-state index contributed by atoms with van der Waals surface area (Å²) in [6.07, 6.45) is 8.21. The van der Waals surface area contributed by atoms with Gasteiger partial charge in [0, 0.05) is 0 Å². The maximum atomic E-state index is 2.48. The molecule has 1 aliphatic carbocycles. The minimum Gasteiger partial charge on any atom is -1.00 e. The van der Waals surface area contributed by atoms with Gasteiger partial charge in [-0.15, -0.1) is 0 Å². The van der Waals surface area contributed by atoms with Crippen molar-refractivity contribution in [3.05, 3.63) is 59.7 Å². The second-order valence-corrected chi connectivity index (χ2v) is 6.36. The molecule has 1 nitrogen and oxygen atoms in total. The van der Waals surface area contributed by atoms with Crippen LogP contribution in [0, 0.1) is 0 Å². The fraction of sp³-hybridized carbons (Fsp3) is 0.412. The molecule has 0 saturated heterocycles. The zero-order valence-corrected chi connectivity index (χ0v) is 16.9. The van der Waals surface area contributed by atoms with E-state index in [2.05, 4.69) is 87.7 Å². The second kappa shape index (κ2) is 11.7. The first-order valence-electron chi connectivity index (χ1n) is 7.12. The summed E-state index contributed by atoms with van der Waals surface area (Å²) in [5.41, 5.74) is 2.85. The molecule has 1 aromatic rings. The van der Waals surface area contributed by atoms with Crippen LogP contribution in [0.2, 0.25) is 0 Å². The Morgan fingerprint density at radius 2 is 1.59 bits per heavy atom. The molecule has 0 spiro atoms. The summed E-state index contributed by atoms with van der Waals surface area (Å²) in [7, 11) is 0. The maximum Gasteiger partial charge on any atom is -1.00 e. The second-order valence-electron chi connectivity index (χ2n) is 5.06.